The number of carbonyl (C=O) groups is 2. The summed E-state index contributed by atoms with van der Waals surface area (Å²) in [6.45, 7) is 2.13. The molecule has 0 aliphatic heterocycles. The fourth-order valence-corrected chi connectivity index (χ4v) is 4.11. The number of halogens is 2. The Morgan fingerprint density at radius 2 is 1.89 bits per heavy atom. The van der Waals surface area contributed by atoms with Crippen molar-refractivity contribution < 1.29 is 9.59 Å². The van der Waals surface area contributed by atoms with Crippen LogP contribution in [0, 0.1) is 0 Å². The second-order valence-corrected chi connectivity index (χ2v) is 8.40. The number of nitrogens with zero attached hydrogens (tertiary/aromatic N) is 1. The Bertz CT molecular complexity index is 803. The molecule has 0 bridgehead atoms. The van der Waals surface area contributed by atoms with Gasteiger partial charge in [-0.15, -0.1) is 11.8 Å². The molecule has 1 atom stereocenters. The van der Waals surface area contributed by atoms with Crippen LogP contribution < -0.4 is 5.32 Å². The van der Waals surface area contributed by atoms with Gasteiger partial charge in [0, 0.05) is 28.8 Å². The molecule has 7 heteroatoms. The molecule has 0 saturated heterocycles. The maximum Gasteiger partial charge on any atom is 0.242 e. The lowest BCUT2D eigenvalue weighted by Gasteiger charge is -2.28. The predicted octanol–water partition coefficient (Wildman–Crippen LogP) is 4.50. The van der Waals surface area contributed by atoms with Crippen LogP contribution in [-0.2, 0) is 21.9 Å². The standard InChI is InChI=1S/C20H22BrClN2O2S/c1-14(20(26)23-2)24(11-15-5-3-7-17(21)9-15)19(25)13-27-12-16-6-4-8-18(22)10-16/h3-10,14H,11-13H2,1-2H3,(H,23,26). The molecule has 2 aromatic carbocycles. The number of amides is 2. The van der Waals surface area contributed by atoms with Gasteiger partial charge in [-0.25, -0.2) is 0 Å². The summed E-state index contributed by atoms with van der Waals surface area (Å²) in [7, 11) is 1.58. The van der Waals surface area contributed by atoms with Crippen molar-refractivity contribution >= 4 is 51.1 Å². The summed E-state index contributed by atoms with van der Waals surface area (Å²) in [5.41, 5.74) is 2.03. The van der Waals surface area contributed by atoms with E-state index in [2.05, 4.69) is 21.2 Å². The van der Waals surface area contributed by atoms with Crippen molar-refractivity contribution in [2.75, 3.05) is 12.8 Å². The second-order valence-electron chi connectivity index (χ2n) is 6.06. The van der Waals surface area contributed by atoms with Gasteiger partial charge in [-0.2, -0.15) is 0 Å². The molecule has 0 aliphatic rings. The molecule has 0 heterocycles. The van der Waals surface area contributed by atoms with Crippen LogP contribution in [0.2, 0.25) is 5.02 Å². The van der Waals surface area contributed by atoms with Gasteiger partial charge in [0.05, 0.1) is 5.75 Å². The molecule has 0 saturated carbocycles. The Labute approximate surface area is 177 Å². The van der Waals surface area contributed by atoms with Crippen LogP contribution in [0.3, 0.4) is 0 Å². The van der Waals surface area contributed by atoms with Crippen LogP contribution in [0.4, 0.5) is 0 Å². The zero-order valence-corrected chi connectivity index (χ0v) is 18.4. The van der Waals surface area contributed by atoms with Gasteiger partial charge < -0.3 is 10.2 Å². The summed E-state index contributed by atoms with van der Waals surface area (Å²) in [5.74, 6) is 0.726. The van der Waals surface area contributed by atoms with Crippen LogP contribution in [0.5, 0.6) is 0 Å². The fourth-order valence-electron chi connectivity index (χ4n) is 2.59. The second kappa shape index (κ2) is 10.7. The number of hydrogen-bond acceptors (Lipinski definition) is 3. The minimum atomic E-state index is -0.548. The van der Waals surface area contributed by atoms with Crippen molar-refractivity contribution in [2.24, 2.45) is 0 Å². The number of rotatable bonds is 8. The lowest BCUT2D eigenvalue weighted by Crippen LogP contribution is -2.47. The maximum absolute atomic E-state index is 12.8. The Balaban J connectivity index is 2.04. The third kappa shape index (κ3) is 6.87. The minimum absolute atomic E-state index is 0.0712. The van der Waals surface area contributed by atoms with E-state index in [1.807, 2.05) is 48.5 Å². The largest absolute Gasteiger partial charge is 0.357 e. The van der Waals surface area contributed by atoms with E-state index >= 15 is 0 Å². The number of nitrogens with one attached hydrogen (secondary N) is 1. The zero-order valence-electron chi connectivity index (χ0n) is 15.2. The van der Waals surface area contributed by atoms with E-state index in [1.54, 1.807) is 18.9 Å². The van der Waals surface area contributed by atoms with Crippen molar-refractivity contribution in [1.82, 2.24) is 10.2 Å². The van der Waals surface area contributed by atoms with Gasteiger partial charge in [0.25, 0.3) is 0 Å². The lowest BCUT2D eigenvalue weighted by molar-refractivity contribution is -0.138. The summed E-state index contributed by atoms with van der Waals surface area (Å²) in [5, 5.41) is 3.31. The molecule has 2 rings (SSSR count). The number of likely N-dealkylation sites (N-methyl/N-ethyl adjacent to an activating group) is 1. The summed E-state index contributed by atoms with van der Waals surface area (Å²) in [6, 6.07) is 14.8. The van der Waals surface area contributed by atoms with Crippen LogP contribution in [0.15, 0.2) is 53.0 Å². The lowest BCUT2D eigenvalue weighted by atomic mass is 10.1. The van der Waals surface area contributed by atoms with Gasteiger partial charge in [-0.1, -0.05) is 51.8 Å². The molecule has 2 amide bonds. The molecule has 1 N–H and O–H groups in total. The van der Waals surface area contributed by atoms with Crippen molar-refractivity contribution in [3.63, 3.8) is 0 Å². The summed E-state index contributed by atoms with van der Waals surface area (Å²) < 4.78 is 0.940. The minimum Gasteiger partial charge on any atom is -0.357 e. The normalized spacial score (nSPS) is 11.7. The highest BCUT2D eigenvalue weighted by Crippen LogP contribution is 2.19. The molecule has 0 spiro atoms. The molecule has 27 heavy (non-hydrogen) atoms. The summed E-state index contributed by atoms with van der Waals surface area (Å²) in [4.78, 5) is 26.6. The number of thioether (sulfide) groups is 1. The highest BCUT2D eigenvalue weighted by molar-refractivity contribution is 9.10. The topological polar surface area (TPSA) is 49.4 Å². The molecule has 0 aliphatic carbocycles. The fraction of sp³-hybridized carbons (Fsp3) is 0.300. The summed E-state index contributed by atoms with van der Waals surface area (Å²) >= 11 is 11.0. The smallest absolute Gasteiger partial charge is 0.242 e. The van der Waals surface area contributed by atoms with Crippen LogP contribution in [-0.4, -0.2) is 35.6 Å². The molecule has 0 aromatic heterocycles. The average Bonchev–Trinajstić information content (AvgIpc) is 2.65. The Kier molecular flexibility index (Phi) is 8.67. The highest BCUT2D eigenvalue weighted by Gasteiger charge is 2.25. The van der Waals surface area contributed by atoms with E-state index in [0.29, 0.717) is 23.1 Å². The van der Waals surface area contributed by atoms with Crippen molar-refractivity contribution in [3.05, 3.63) is 69.2 Å². The van der Waals surface area contributed by atoms with Gasteiger partial charge in [-0.05, 0) is 42.3 Å². The van der Waals surface area contributed by atoms with Gasteiger partial charge in [0.15, 0.2) is 0 Å². The maximum atomic E-state index is 12.8. The molecule has 144 valence electrons. The molecule has 0 fully saturated rings. The van der Waals surface area contributed by atoms with E-state index in [-0.39, 0.29) is 11.8 Å². The van der Waals surface area contributed by atoms with Crippen molar-refractivity contribution in [1.29, 1.82) is 0 Å². The van der Waals surface area contributed by atoms with E-state index in [0.717, 1.165) is 15.6 Å². The first-order valence-corrected chi connectivity index (χ1v) is 10.8. The van der Waals surface area contributed by atoms with Gasteiger partial charge in [0.1, 0.15) is 6.04 Å². The first-order valence-electron chi connectivity index (χ1n) is 8.48. The van der Waals surface area contributed by atoms with Crippen LogP contribution in [0.25, 0.3) is 0 Å². The van der Waals surface area contributed by atoms with Crippen molar-refractivity contribution in [2.45, 2.75) is 25.3 Å². The van der Waals surface area contributed by atoms with Gasteiger partial charge in [-0.3, -0.25) is 9.59 Å². The van der Waals surface area contributed by atoms with E-state index in [9.17, 15) is 9.59 Å². The van der Waals surface area contributed by atoms with Crippen LogP contribution in [0.1, 0.15) is 18.1 Å². The third-order valence-corrected chi connectivity index (χ3v) is 5.76. The first kappa shape index (κ1) is 21.8. The molecule has 1 unspecified atom stereocenters. The predicted molar refractivity (Wildman–Crippen MR) is 116 cm³/mol. The molecular weight excluding hydrogens is 448 g/mol. The SMILES string of the molecule is CNC(=O)C(C)N(Cc1cccc(Br)c1)C(=O)CSCc1cccc(Cl)c1. The number of benzene rings is 2. The van der Waals surface area contributed by atoms with E-state index in [1.165, 1.54) is 11.8 Å². The van der Waals surface area contributed by atoms with E-state index in [4.69, 9.17) is 11.6 Å². The molecule has 0 radical (unpaired) electrons. The van der Waals surface area contributed by atoms with E-state index < -0.39 is 6.04 Å². The van der Waals surface area contributed by atoms with Crippen LogP contribution >= 0.6 is 39.3 Å². The zero-order chi connectivity index (χ0) is 19.8. The number of carbonyl (C=O) groups excluding carboxylic acids is 2. The Morgan fingerprint density at radius 1 is 1.19 bits per heavy atom. The van der Waals surface area contributed by atoms with Gasteiger partial charge >= 0.3 is 0 Å². The highest BCUT2D eigenvalue weighted by atomic mass is 79.9. The third-order valence-electron chi connectivity index (χ3n) is 4.04. The summed E-state index contributed by atoms with van der Waals surface area (Å²) in [6.07, 6.45) is 0. The Hall–Kier alpha value is -1.50. The average molecular weight is 470 g/mol. The quantitative estimate of drug-likeness (QED) is 0.619. The Morgan fingerprint density at radius 3 is 2.56 bits per heavy atom. The van der Waals surface area contributed by atoms with Crippen molar-refractivity contribution in [3.8, 4) is 0 Å². The molecule has 2 aromatic rings. The molecule has 4 nitrogen and oxygen atoms in total. The number of hydrogen-bond donors (Lipinski definition) is 1. The van der Waals surface area contributed by atoms with Gasteiger partial charge in [0.2, 0.25) is 11.8 Å². The first-order chi connectivity index (χ1) is 12.9. The molecular formula is C20H22BrClN2O2S. The monoisotopic (exact) mass is 468 g/mol.